The molecule has 1 aliphatic rings. The van der Waals surface area contributed by atoms with Crippen molar-refractivity contribution >= 4 is 10.9 Å². The molecule has 1 fully saturated rings. The molecule has 2 aromatic carbocycles. The smallest absolute Gasteiger partial charge is 0.261 e. The highest BCUT2D eigenvalue weighted by molar-refractivity contribution is 5.80. The van der Waals surface area contributed by atoms with Crippen molar-refractivity contribution in [3.63, 3.8) is 0 Å². The SMILES string of the molecule is COc1cc2ncn([C@@H]3CCC[C@H]3O)c(=O)c2cc1Cc1ccc(-c2cnn(C)c2)cc1. The van der Waals surface area contributed by atoms with Crippen molar-refractivity contribution in [1.82, 2.24) is 19.3 Å². The van der Waals surface area contributed by atoms with Crippen LogP contribution in [0.25, 0.3) is 22.0 Å². The second-order valence-corrected chi connectivity index (χ2v) is 8.48. The molecule has 5 rings (SSSR count). The Kier molecular flexibility index (Phi) is 5.27. The van der Waals surface area contributed by atoms with Crippen LogP contribution in [0.1, 0.15) is 36.4 Å². The molecule has 4 aromatic rings. The Balaban J connectivity index is 1.50. The van der Waals surface area contributed by atoms with Gasteiger partial charge >= 0.3 is 0 Å². The zero-order chi connectivity index (χ0) is 22.2. The fourth-order valence-corrected chi connectivity index (χ4v) is 4.62. The summed E-state index contributed by atoms with van der Waals surface area (Å²) in [5.74, 6) is 0.708. The molecule has 7 heteroatoms. The Labute approximate surface area is 185 Å². The standard InChI is InChI=1S/C25H26N4O3/c1-28-14-19(13-27-28)17-8-6-16(7-9-17)10-18-11-20-21(12-24(18)32-2)26-15-29(25(20)31)22-4-3-5-23(22)30/h6-9,11-15,22-23,30H,3-5,10H2,1-2H3/t22-,23-/m1/s1. The molecule has 1 aliphatic carbocycles. The first-order chi connectivity index (χ1) is 15.5. The van der Waals surface area contributed by atoms with Gasteiger partial charge < -0.3 is 9.84 Å². The number of hydrogen-bond acceptors (Lipinski definition) is 5. The monoisotopic (exact) mass is 430 g/mol. The number of nitrogens with zero attached hydrogens (tertiary/aromatic N) is 4. The van der Waals surface area contributed by atoms with Gasteiger partial charge in [0.25, 0.3) is 5.56 Å². The van der Waals surface area contributed by atoms with Crippen molar-refractivity contribution in [2.45, 2.75) is 37.8 Å². The number of rotatable bonds is 5. The van der Waals surface area contributed by atoms with Gasteiger partial charge in [-0.3, -0.25) is 14.0 Å². The molecule has 7 nitrogen and oxygen atoms in total. The molecule has 2 heterocycles. The van der Waals surface area contributed by atoms with Crippen LogP contribution in [0.5, 0.6) is 5.75 Å². The Morgan fingerprint density at radius 3 is 2.62 bits per heavy atom. The van der Waals surface area contributed by atoms with Gasteiger partial charge in [0, 0.05) is 31.3 Å². The molecule has 164 valence electrons. The van der Waals surface area contributed by atoms with E-state index in [1.54, 1.807) is 22.7 Å². The molecular weight excluding hydrogens is 404 g/mol. The van der Waals surface area contributed by atoms with Crippen LogP contribution in [-0.4, -0.2) is 37.7 Å². The average Bonchev–Trinajstić information content (AvgIpc) is 3.43. The van der Waals surface area contributed by atoms with E-state index in [4.69, 9.17) is 4.74 Å². The van der Waals surface area contributed by atoms with Crippen molar-refractivity contribution in [2.75, 3.05) is 7.11 Å². The summed E-state index contributed by atoms with van der Waals surface area (Å²) in [6, 6.07) is 11.8. The topological polar surface area (TPSA) is 82.2 Å². The Hall–Kier alpha value is -3.45. The Morgan fingerprint density at radius 1 is 1.16 bits per heavy atom. The maximum atomic E-state index is 13.2. The summed E-state index contributed by atoms with van der Waals surface area (Å²) in [5, 5.41) is 15.0. The fourth-order valence-electron chi connectivity index (χ4n) is 4.62. The minimum absolute atomic E-state index is 0.114. The first-order valence-electron chi connectivity index (χ1n) is 10.9. The predicted octanol–water partition coefficient (Wildman–Crippen LogP) is 3.48. The Bertz CT molecular complexity index is 1320. The molecule has 1 N–H and O–H groups in total. The molecule has 2 aromatic heterocycles. The fraction of sp³-hybridized carbons (Fsp3) is 0.320. The lowest BCUT2D eigenvalue weighted by molar-refractivity contribution is 0.134. The minimum Gasteiger partial charge on any atom is -0.496 e. The van der Waals surface area contributed by atoms with Gasteiger partial charge in [-0.1, -0.05) is 24.3 Å². The highest BCUT2D eigenvalue weighted by Crippen LogP contribution is 2.30. The van der Waals surface area contributed by atoms with E-state index in [2.05, 4.69) is 34.3 Å². The third-order valence-corrected chi connectivity index (χ3v) is 6.37. The number of aromatic nitrogens is 4. The first kappa shape index (κ1) is 20.5. The van der Waals surface area contributed by atoms with Gasteiger partial charge in [-0.15, -0.1) is 0 Å². The van der Waals surface area contributed by atoms with E-state index in [0.717, 1.165) is 41.5 Å². The zero-order valence-electron chi connectivity index (χ0n) is 18.2. The molecule has 0 aliphatic heterocycles. The first-order valence-corrected chi connectivity index (χ1v) is 10.9. The number of aliphatic hydroxyl groups excluding tert-OH is 1. The Morgan fingerprint density at radius 2 is 1.97 bits per heavy atom. The van der Waals surface area contributed by atoms with E-state index in [-0.39, 0.29) is 11.6 Å². The highest BCUT2D eigenvalue weighted by atomic mass is 16.5. The van der Waals surface area contributed by atoms with Crippen molar-refractivity contribution in [1.29, 1.82) is 0 Å². The van der Waals surface area contributed by atoms with Gasteiger partial charge in [-0.2, -0.15) is 5.10 Å². The van der Waals surface area contributed by atoms with Crippen molar-refractivity contribution in [3.8, 4) is 16.9 Å². The lowest BCUT2D eigenvalue weighted by atomic mass is 10.00. The van der Waals surface area contributed by atoms with Crippen molar-refractivity contribution < 1.29 is 9.84 Å². The summed E-state index contributed by atoms with van der Waals surface area (Å²) in [5.41, 5.74) is 4.71. The second kappa shape index (κ2) is 8.24. The third-order valence-electron chi connectivity index (χ3n) is 6.37. The highest BCUT2D eigenvalue weighted by Gasteiger charge is 2.28. The summed E-state index contributed by atoms with van der Waals surface area (Å²) in [6.07, 6.45) is 7.95. The van der Waals surface area contributed by atoms with Crippen LogP contribution in [0.4, 0.5) is 0 Å². The van der Waals surface area contributed by atoms with Crippen LogP contribution in [-0.2, 0) is 13.5 Å². The van der Waals surface area contributed by atoms with Crippen molar-refractivity contribution in [3.05, 3.63) is 76.6 Å². The van der Waals surface area contributed by atoms with Gasteiger partial charge in [0.15, 0.2) is 0 Å². The third kappa shape index (κ3) is 3.69. The molecular formula is C25H26N4O3. The summed E-state index contributed by atoms with van der Waals surface area (Å²) < 4.78 is 8.99. The molecule has 0 radical (unpaired) electrons. The molecule has 2 atom stereocenters. The molecule has 0 saturated heterocycles. The quantitative estimate of drug-likeness (QED) is 0.524. The zero-order valence-corrected chi connectivity index (χ0v) is 18.2. The van der Waals surface area contributed by atoms with Crippen LogP contribution in [0.3, 0.4) is 0 Å². The van der Waals surface area contributed by atoms with Crippen LogP contribution < -0.4 is 10.3 Å². The van der Waals surface area contributed by atoms with Gasteiger partial charge in [-0.25, -0.2) is 4.98 Å². The predicted molar refractivity (Wildman–Crippen MR) is 123 cm³/mol. The maximum Gasteiger partial charge on any atom is 0.261 e. The van der Waals surface area contributed by atoms with Crippen LogP contribution in [0.2, 0.25) is 0 Å². The van der Waals surface area contributed by atoms with Crippen LogP contribution >= 0.6 is 0 Å². The van der Waals surface area contributed by atoms with E-state index in [1.807, 2.05) is 31.6 Å². The number of aryl methyl sites for hydroxylation is 1. The minimum atomic E-state index is -0.497. The number of methoxy groups -OCH3 is 1. The van der Waals surface area contributed by atoms with E-state index in [0.29, 0.717) is 23.1 Å². The maximum absolute atomic E-state index is 13.2. The van der Waals surface area contributed by atoms with Gasteiger partial charge in [-0.05, 0) is 42.0 Å². The largest absolute Gasteiger partial charge is 0.496 e. The summed E-state index contributed by atoms with van der Waals surface area (Å²) in [7, 11) is 3.53. The number of benzene rings is 2. The summed E-state index contributed by atoms with van der Waals surface area (Å²) in [6.45, 7) is 0. The molecule has 0 bridgehead atoms. The second-order valence-electron chi connectivity index (χ2n) is 8.48. The number of ether oxygens (including phenoxy) is 1. The molecule has 0 amide bonds. The summed E-state index contributed by atoms with van der Waals surface area (Å²) >= 11 is 0. The number of aliphatic hydroxyl groups is 1. The molecule has 0 spiro atoms. The normalized spacial score (nSPS) is 18.3. The van der Waals surface area contributed by atoms with E-state index >= 15 is 0 Å². The van der Waals surface area contributed by atoms with Crippen LogP contribution in [0.15, 0.2) is 59.9 Å². The van der Waals surface area contributed by atoms with E-state index in [1.165, 1.54) is 0 Å². The summed E-state index contributed by atoms with van der Waals surface area (Å²) in [4.78, 5) is 17.7. The van der Waals surface area contributed by atoms with E-state index < -0.39 is 6.10 Å². The lowest BCUT2D eigenvalue weighted by Gasteiger charge is -2.18. The average molecular weight is 431 g/mol. The van der Waals surface area contributed by atoms with Crippen molar-refractivity contribution in [2.24, 2.45) is 7.05 Å². The molecule has 1 saturated carbocycles. The lowest BCUT2D eigenvalue weighted by Crippen LogP contribution is -2.29. The van der Waals surface area contributed by atoms with E-state index in [9.17, 15) is 9.90 Å². The molecule has 0 unspecified atom stereocenters. The van der Waals surface area contributed by atoms with Gasteiger partial charge in [0.1, 0.15) is 5.75 Å². The molecule has 32 heavy (non-hydrogen) atoms. The van der Waals surface area contributed by atoms with Crippen LogP contribution in [0, 0.1) is 0 Å². The van der Waals surface area contributed by atoms with Gasteiger partial charge in [0.05, 0.1) is 42.7 Å². The number of hydrogen-bond donors (Lipinski definition) is 1. The number of fused-ring (bicyclic) bond motifs is 1. The van der Waals surface area contributed by atoms with Gasteiger partial charge in [0.2, 0.25) is 0 Å².